The van der Waals surface area contributed by atoms with Gasteiger partial charge in [0.2, 0.25) is 0 Å². The summed E-state index contributed by atoms with van der Waals surface area (Å²) in [6.45, 7) is 19.0. The first-order chi connectivity index (χ1) is 21.6. The fourth-order valence-electron chi connectivity index (χ4n) is 10.4. The first-order valence-electron chi connectivity index (χ1n) is 18.7. The summed E-state index contributed by atoms with van der Waals surface area (Å²) in [5, 5.41) is 2.87. The molecule has 0 heterocycles. The molecule has 0 aromatic rings. The van der Waals surface area contributed by atoms with E-state index in [0.29, 0.717) is 58.1 Å². The maximum atomic E-state index is 12.6. The van der Waals surface area contributed by atoms with Gasteiger partial charge in [-0.1, -0.05) is 66.0 Å². The molecule has 1 amide bonds. The predicted molar refractivity (Wildman–Crippen MR) is 182 cm³/mol. The summed E-state index contributed by atoms with van der Waals surface area (Å²) in [6, 6.07) is 0. The maximum Gasteiger partial charge on any atom is 0.407 e. The van der Waals surface area contributed by atoms with Crippen LogP contribution in [0.1, 0.15) is 112 Å². The van der Waals surface area contributed by atoms with Crippen LogP contribution in [0.3, 0.4) is 0 Å². The molecule has 3 N–H and O–H groups in total. The molecule has 9 atom stereocenters. The van der Waals surface area contributed by atoms with Gasteiger partial charge in [0, 0.05) is 19.5 Å². The topological polar surface area (TPSA) is 92.0 Å². The number of fused-ring (bicyclic) bond motifs is 5. The average molecular weight is 633 g/mol. The molecule has 0 saturated heterocycles. The van der Waals surface area contributed by atoms with E-state index in [2.05, 4.69) is 52.9 Å². The Morgan fingerprint density at radius 1 is 0.933 bits per heavy atom. The van der Waals surface area contributed by atoms with Crippen LogP contribution in [-0.2, 0) is 18.9 Å². The first-order valence-corrected chi connectivity index (χ1v) is 18.7. The third-order valence-electron chi connectivity index (χ3n) is 13.1. The van der Waals surface area contributed by atoms with E-state index in [1.165, 1.54) is 51.4 Å². The molecule has 4 aliphatic rings. The van der Waals surface area contributed by atoms with Crippen molar-refractivity contribution in [3.05, 3.63) is 11.6 Å². The van der Waals surface area contributed by atoms with Crippen molar-refractivity contribution >= 4 is 6.09 Å². The van der Waals surface area contributed by atoms with E-state index in [1.807, 2.05) is 0 Å². The molecule has 260 valence electrons. The summed E-state index contributed by atoms with van der Waals surface area (Å²) >= 11 is 0. The van der Waals surface area contributed by atoms with Crippen LogP contribution < -0.4 is 11.1 Å². The van der Waals surface area contributed by atoms with E-state index in [1.54, 1.807) is 5.57 Å². The zero-order valence-corrected chi connectivity index (χ0v) is 29.7. The normalized spacial score (nSPS) is 34.0. The van der Waals surface area contributed by atoms with Crippen molar-refractivity contribution in [1.29, 1.82) is 0 Å². The first kappa shape index (κ1) is 36.7. The lowest BCUT2D eigenvalue weighted by Gasteiger charge is -2.58. The van der Waals surface area contributed by atoms with Gasteiger partial charge < -0.3 is 30.0 Å². The highest BCUT2D eigenvalue weighted by Crippen LogP contribution is 2.67. The molecule has 0 aromatic heterocycles. The lowest BCUT2D eigenvalue weighted by Crippen LogP contribution is -2.51. The Labute approximate surface area is 275 Å². The predicted octanol–water partition coefficient (Wildman–Crippen LogP) is 7.77. The molecule has 7 nitrogen and oxygen atoms in total. The fourth-order valence-corrected chi connectivity index (χ4v) is 10.4. The minimum absolute atomic E-state index is 0.0277. The lowest BCUT2D eigenvalue weighted by molar-refractivity contribution is -0.0584. The van der Waals surface area contributed by atoms with Gasteiger partial charge in [0.1, 0.15) is 6.10 Å². The van der Waals surface area contributed by atoms with E-state index < -0.39 is 0 Å². The molecule has 3 fully saturated rings. The third kappa shape index (κ3) is 9.06. The number of nitrogens with one attached hydrogen (secondary N) is 1. The van der Waals surface area contributed by atoms with Crippen LogP contribution in [0, 0.1) is 52.3 Å². The molecule has 0 unspecified atom stereocenters. The van der Waals surface area contributed by atoms with Gasteiger partial charge in [-0.15, -0.1) is 0 Å². The third-order valence-corrected chi connectivity index (χ3v) is 13.1. The van der Waals surface area contributed by atoms with Gasteiger partial charge in [0.05, 0.1) is 39.6 Å². The minimum atomic E-state index is -0.326. The molecular formula is C38H68N2O5. The number of carbonyl (C=O) groups excluding carboxylic acids is 1. The number of rotatable bonds is 18. The molecule has 0 radical (unpaired) electrons. The maximum absolute atomic E-state index is 12.6. The SMILES string of the molecule is CC[C@H](CC[C@@H](C)[C@H]1CC[C@H]2[C@@H]3CC=C4C[C@@H](OC(=O)NCCOCCOCCOCCN)CC[C@]4(C)[C@H]3CC[C@]12C)C(C)C. The van der Waals surface area contributed by atoms with E-state index in [-0.39, 0.29) is 17.6 Å². The molecule has 0 aliphatic heterocycles. The zero-order valence-electron chi connectivity index (χ0n) is 29.7. The number of ether oxygens (including phenoxy) is 4. The number of amides is 1. The van der Waals surface area contributed by atoms with Crippen molar-refractivity contribution in [2.24, 2.45) is 58.0 Å². The molecule has 45 heavy (non-hydrogen) atoms. The average Bonchev–Trinajstić information content (AvgIpc) is 3.37. The van der Waals surface area contributed by atoms with Crippen molar-refractivity contribution in [2.75, 3.05) is 52.7 Å². The molecule has 3 saturated carbocycles. The van der Waals surface area contributed by atoms with Crippen LogP contribution in [0.2, 0.25) is 0 Å². The smallest absolute Gasteiger partial charge is 0.407 e. The van der Waals surface area contributed by atoms with Crippen molar-refractivity contribution in [1.82, 2.24) is 5.32 Å². The van der Waals surface area contributed by atoms with Crippen molar-refractivity contribution in [3.63, 3.8) is 0 Å². The van der Waals surface area contributed by atoms with E-state index in [9.17, 15) is 4.79 Å². The summed E-state index contributed by atoms with van der Waals surface area (Å²) in [6.07, 6.45) is 16.2. The van der Waals surface area contributed by atoms with Crippen LogP contribution in [0.25, 0.3) is 0 Å². The highest BCUT2D eigenvalue weighted by Gasteiger charge is 2.59. The number of nitrogens with two attached hydrogens (primary N) is 1. The Morgan fingerprint density at radius 3 is 2.33 bits per heavy atom. The van der Waals surface area contributed by atoms with Gasteiger partial charge in [-0.3, -0.25) is 0 Å². The van der Waals surface area contributed by atoms with Gasteiger partial charge in [-0.2, -0.15) is 0 Å². The standard InChI is InChI=1S/C38H68N2O5/c1-7-29(27(2)3)9-8-28(4)33-12-13-34-32-11-10-30-26-31(14-16-37(30,5)35(32)15-17-38(33,34)6)45-36(41)40-19-21-43-23-25-44-24-22-42-20-18-39/h10,27-29,31-35H,7-9,11-26,39H2,1-6H3,(H,40,41)/t28-,29-,31+,32+,33-,34+,35+,37+,38-/m1/s1. The number of allylic oxidation sites excluding steroid dienone is 1. The molecule has 0 bridgehead atoms. The Hall–Kier alpha value is -1.15. The Bertz CT molecular complexity index is 941. The number of hydrogen-bond donors (Lipinski definition) is 2. The van der Waals surface area contributed by atoms with E-state index in [4.69, 9.17) is 24.7 Å². The molecule has 4 rings (SSSR count). The summed E-state index contributed by atoms with van der Waals surface area (Å²) in [5.41, 5.74) is 7.73. The molecule has 0 aromatic carbocycles. The largest absolute Gasteiger partial charge is 0.446 e. The number of alkyl carbamates (subject to hydrolysis) is 1. The quantitative estimate of drug-likeness (QED) is 0.119. The van der Waals surface area contributed by atoms with Crippen LogP contribution >= 0.6 is 0 Å². The van der Waals surface area contributed by atoms with Crippen molar-refractivity contribution in [2.45, 2.75) is 118 Å². The summed E-state index contributed by atoms with van der Waals surface area (Å²) < 4.78 is 22.2. The van der Waals surface area contributed by atoms with Crippen LogP contribution in [0.4, 0.5) is 4.79 Å². The van der Waals surface area contributed by atoms with Crippen LogP contribution in [0.15, 0.2) is 11.6 Å². The second-order valence-corrected chi connectivity index (χ2v) is 15.8. The Kier molecular flexibility index (Phi) is 14.1. The summed E-state index contributed by atoms with van der Waals surface area (Å²) in [4.78, 5) is 12.6. The second kappa shape index (κ2) is 17.3. The molecule has 4 aliphatic carbocycles. The van der Waals surface area contributed by atoms with Gasteiger partial charge in [0.25, 0.3) is 0 Å². The molecular weight excluding hydrogens is 564 g/mol. The minimum Gasteiger partial charge on any atom is -0.446 e. The zero-order chi connectivity index (χ0) is 32.5. The van der Waals surface area contributed by atoms with Gasteiger partial charge >= 0.3 is 6.09 Å². The highest BCUT2D eigenvalue weighted by atomic mass is 16.6. The summed E-state index contributed by atoms with van der Waals surface area (Å²) in [7, 11) is 0. The van der Waals surface area contributed by atoms with Gasteiger partial charge in [0.15, 0.2) is 0 Å². The van der Waals surface area contributed by atoms with E-state index in [0.717, 1.165) is 60.7 Å². The highest BCUT2D eigenvalue weighted by molar-refractivity contribution is 5.67. The van der Waals surface area contributed by atoms with Crippen molar-refractivity contribution < 1.29 is 23.7 Å². The van der Waals surface area contributed by atoms with Crippen LogP contribution in [0.5, 0.6) is 0 Å². The van der Waals surface area contributed by atoms with Crippen LogP contribution in [-0.4, -0.2) is 64.9 Å². The lowest BCUT2D eigenvalue weighted by atomic mass is 9.47. The van der Waals surface area contributed by atoms with Crippen molar-refractivity contribution in [3.8, 4) is 0 Å². The Balaban J connectivity index is 1.20. The monoisotopic (exact) mass is 633 g/mol. The van der Waals surface area contributed by atoms with Gasteiger partial charge in [-0.25, -0.2) is 4.79 Å². The number of hydrogen-bond acceptors (Lipinski definition) is 6. The fraction of sp³-hybridized carbons (Fsp3) is 0.921. The second-order valence-electron chi connectivity index (χ2n) is 15.8. The summed E-state index contributed by atoms with van der Waals surface area (Å²) in [5.74, 6) is 5.88. The van der Waals surface area contributed by atoms with E-state index >= 15 is 0 Å². The molecule has 0 spiro atoms. The van der Waals surface area contributed by atoms with Gasteiger partial charge in [-0.05, 0) is 104 Å². The number of carbonyl (C=O) groups is 1. The Morgan fingerprint density at radius 2 is 1.64 bits per heavy atom. The molecule has 7 heteroatoms.